The topological polar surface area (TPSA) is 104 Å². The lowest BCUT2D eigenvalue weighted by Gasteiger charge is -2.08. The number of nitrogens with one attached hydrogen (secondary N) is 2. The van der Waals surface area contributed by atoms with Crippen LogP contribution < -0.4 is 16.4 Å². The Morgan fingerprint density at radius 1 is 1.50 bits per heavy atom. The molecule has 0 aliphatic heterocycles. The second kappa shape index (κ2) is 6.41. The third-order valence-electron chi connectivity index (χ3n) is 1.27. The molecule has 0 saturated carbocycles. The van der Waals surface area contributed by atoms with Gasteiger partial charge in [-0.2, -0.15) is 0 Å². The number of carbonyl (C=O) groups is 2. The van der Waals surface area contributed by atoms with E-state index in [2.05, 4.69) is 22.9 Å². The molecule has 0 heterocycles. The van der Waals surface area contributed by atoms with Gasteiger partial charge in [0.1, 0.15) is 11.1 Å². The van der Waals surface area contributed by atoms with Gasteiger partial charge < -0.3 is 21.5 Å². The molecule has 5 N–H and O–H groups in total. The molecule has 0 rings (SSSR count). The van der Waals surface area contributed by atoms with E-state index in [4.69, 9.17) is 10.8 Å². The molecule has 0 aliphatic rings. The Balaban J connectivity index is 3.77. The number of rotatable bonds is 4. The molecular weight excluding hydrogens is 206 g/mol. The summed E-state index contributed by atoms with van der Waals surface area (Å²) in [7, 11) is 0. The molecule has 0 bridgehead atoms. The molecule has 7 heteroatoms. The Bertz CT molecular complexity index is 242. The largest absolute Gasteiger partial charge is 0.386 e. The number of aliphatic hydroxyl groups is 1. The predicted molar refractivity (Wildman–Crippen MR) is 54.5 cm³/mol. The molecule has 6 nitrogen and oxygen atoms in total. The zero-order chi connectivity index (χ0) is 11.1. The summed E-state index contributed by atoms with van der Waals surface area (Å²) in [5.74, 6) is -0.916. The van der Waals surface area contributed by atoms with E-state index in [9.17, 15) is 9.59 Å². The highest BCUT2D eigenvalue weighted by molar-refractivity contribution is 7.80. The molecule has 0 saturated heterocycles. The monoisotopic (exact) mass is 219 g/mol. The first-order chi connectivity index (χ1) is 6.47. The molecule has 0 aromatic rings. The zero-order valence-electron chi connectivity index (χ0n) is 7.74. The average Bonchev–Trinajstić information content (AvgIpc) is 2.13. The number of hydrogen-bond acceptors (Lipinski definition) is 5. The minimum Gasteiger partial charge on any atom is -0.386 e. The Labute approximate surface area is 86.8 Å². The average molecular weight is 219 g/mol. The Kier molecular flexibility index (Phi) is 5.93. The van der Waals surface area contributed by atoms with Crippen LogP contribution in [0.2, 0.25) is 0 Å². The van der Waals surface area contributed by atoms with Crippen LogP contribution in [0.1, 0.15) is 6.92 Å². The van der Waals surface area contributed by atoms with Crippen molar-refractivity contribution in [2.24, 2.45) is 5.73 Å². The van der Waals surface area contributed by atoms with Crippen LogP contribution in [0.15, 0.2) is 0 Å². The highest BCUT2D eigenvalue weighted by Gasteiger charge is 2.09. The van der Waals surface area contributed by atoms with Crippen LogP contribution in [-0.2, 0) is 9.59 Å². The molecule has 80 valence electrons. The molecule has 0 spiro atoms. The number of aliphatic hydroxyl groups excluding tert-OH is 1. The number of thiocarbonyl (C=S) groups is 1. The van der Waals surface area contributed by atoms with Crippen LogP contribution >= 0.6 is 12.2 Å². The molecule has 1 atom stereocenters. The fraction of sp³-hybridized carbons (Fsp3) is 0.571. The maximum Gasteiger partial charge on any atom is 0.244 e. The van der Waals surface area contributed by atoms with Gasteiger partial charge in [-0.15, -0.1) is 0 Å². The maximum absolute atomic E-state index is 11.0. The quantitative estimate of drug-likeness (QED) is 0.405. The molecule has 1 unspecified atom stereocenters. The fourth-order valence-corrected chi connectivity index (χ4v) is 0.651. The van der Waals surface area contributed by atoms with Gasteiger partial charge in [-0.05, 0) is 6.92 Å². The lowest BCUT2D eigenvalue weighted by molar-refractivity contribution is -0.124. The van der Waals surface area contributed by atoms with Gasteiger partial charge in [0.2, 0.25) is 11.8 Å². The third kappa shape index (κ3) is 5.57. The molecule has 0 aromatic heterocycles. The van der Waals surface area contributed by atoms with E-state index >= 15 is 0 Å². The molecule has 2 amide bonds. The van der Waals surface area contributed by atoms with Gasteiger partial charge in [-0.25, -0.2) is 0 Å². The van der Waals surface area contributed by atoms with Gasteiger partial charge in [-0.3, -0.25) is 9.59 Å². The van der Waals surface area contributed by atoms with Crippen molar-refractivity contribution in [1.29, 1.82) is 0 Å². The van der Waals surface area contributed by atoms with Crippen molar-refractivity contribution in [3.05, 3.63) is 0 Å². The van der Waals surface area contributed by atoms with Gasteiger partial charge in [-0.1, -0.05) is 12.2 Å². The summed E-state index contributed by atoms with van der Waals surface area (Å²) in [4.78, 5) is 21.7. The summed E-state index contributed by atoms with van der Waals surface area (Å²) in [5.41, 5.74) is 5.00. The number of hydrogen-bond donors (Lipinski definition) is 4. The predicted octanol–water partition coefficient (Wildman–Crippen LogP) is -2.11. The second-order valence-corrected chi connectivity index (χ2v) is 3.01. The summed E-state index contributed by atoms with van der Waals surface area (Å²) >= 11 is 4.64. The standard InChI is InChI=1S/C7H13N3O3S/c1-4(11)7(14)10-6(13)3-9-5(12)2-8/h4,11H,2-3,8H2,1H3,(H,9,12)(H,10,13,14). The van der Waals surface area contributed by atoms with Crippen molar-refractivity contribution in [2.75, 3.05) is 13.1 Å². The van der Waals surface area contributed by atoms with Crippen molar-refractivity contribution in [3.63, 3.8) is 0 Å². The first-order valence-corrected chi connectivity index (χ1v) is 4.36. The smallest absolute Gasteiger partial charge is 0.244 e. The van der Waals surface area contributed by atoms with E-state index in [0.29, 0.717) is 0 Å². The first kappa shape index (κ1) is 12.9. The summed E-state index contributed by atoms with van der Waals surface area (Å²) in [5, 5.41) is 13.4. The Morgan fingerprint density at radius 3 is 2.50 bits per heavy atom. The van der Waals surface area contributed by atoms with E-state index in [1.54, 1.807) is 0 Å². The van der Waals surface area contributed by atoms with Crippen molar-refractivity contribution in [3.8, 4) is 0 Å². The van der Waals surface area contributed by atoms with Crippen LogP contribution in [0.3, 0.4) is 0 Å². The number of carbonyl (C=O) groups excluding carboxylic acids is 2. The molecule has 0 aliphatic carbocycles. The third-order valence-corrected chi connectivity index (χ3v) is 1.72. The Hall–Kier alpha value is -1.05. The van der Waals surface area contributed by atoms with Crippen LogP contribution in [0.5, 0.6) is 0 Å². The second-order valence-electron chi connectivity index (χ2n) is 2.57. The molecule has 0 aromatic carbocycles. The summed E-state index contributed by atoms with van der Waals surface area (Å²) in [6.45, 7) is 1.05. The van der Waals surface area contributed by atoms with Crippen molar-refractivity contribution in [1.82, 2.24) is 10.6 Å². The van der Waals surface area contributed by atoms with E-state index in [-0.39, 0.29) is 18.1 Å². The first-order valence-electron chi connectivity index (χ1n) is 3.96. The summed E-state index contributed by atoms with van der Waals surface area (Å²) in [6.07, 6.45) is -0.890. The van der Waals surface area contributed by atoms with Gasteiger partial charge in [0.25, 0.3) is 0 Å². The van der Waals surface area contributed by atoms with Crippen molar-refractivity contribution >= 4 is 29.0 Å². The number of nitrogens with two attached hydrogens (primary N) is 1. The van der Waals surface area contributed by atoms with Gasteiger partial charge in [0, 0.05) is 0 Å². The fourth-order valence-electron chi connectivity index (χ4n) is 0.537. The summed E-state index contributed by atoms with van der Waals surface area (Å²) in [6, 6.07) is 0. The van der Waals surface area contributed by atoms with Crippen molar-refractivity contribution in [2.45, 2.75) is 13.0 Å². The summed E-state index contributed by atoms with van der Waals surface area (Å²) < 4.78 is 0. The normalized spacial score (nSPS) is 11.6. The molecule has 0 radical (unpaired) electrons. The van der Waals surface area contributed by atoms with Gasteiger partial charge >= 0.3 is 0 Å². The molecule has 0 fully saturated rings. The minimum atomic E-state index is -0.890. The lowest BCUT2D eigenvalue weighted by Crippen LogP contribution is -2.43. The van der Waals surface area contributed by atoms with Crippen LogP contribution in [0.4, 0.5) is 0 Å². The lowest BCUT2D eigenvalue weighted by atomic mass is 10.4. The van der Waals surface area contributed by atoms with Crippen LogP contribution in [0.25, 0.3) is 0 Å². The zero-order valence-corrected chi connectivity index (χ0v) is 8.56. The van der Waals surface area contributed by atoms with Gasteiger partial charge in [0.15, 0.2) is 0 Å². The molecular formula is C7H13N3O3S. The van der Waals surface area contributed by atoms with E-state index in [1.807, 2.05) is 0 Å². The van der Waals surface area contributed by atoms with Gasteiger partial charge in [0.05, 0.1) is 13.1 Å². The van der Waals surface area contributed by atoms with Crippen LogP contribution in [0, 0.1) is 0 Å². The van der Waals surface area contributed by atoms with E-state index in [0.717, 1.165) is 0 Å². The van der Waals surface area contributed by atoms with Crippen molar-refractivity contribution < 1.29 is 14.7 Å². The van der Waals surface area contributed by atoms with E-state index in [1.165, 1.54) is 6.92 Å². The minimum absolute atomic E-state index is 0.0250. The molecule has 14 heavy (non-hydrogen) atoms. The SMILES string of the molecule is CC(O)C(=S)NC(=O)CNC(=O)CN. The van der Waals surface area contributed by atoms with E-state index < -0.39 is 17.9 Å². The number of amides is 2. The Morgan fingerprint density at radius 2 is 2.07 bits per heavy atom. The maximum atomic E-state index is 11.0. The van der Waals surface area contributed by atoms with Crippen LogP contribution in [-0.4, -0.2) is 41.1 Å². The highest BCUT2D eigenvalue weighted by Crippen LogP contribution is 1.82. The highest BCUT2D eigenvalue weighted by atomic mass is 32.1.